The minimum Gasteiger partial charge on any atom is -0.494 e. The van der Waals surface area contributed by atoms with Gasteiger partial charge in [0.05, 0.1) is 18.9 Å². The van der Waals surface area contributed by atoms with Crippen molar-refractivity contribution in [2.75, 3.05) is 17.7 Å². The van der Waals surface area contributed by atoms with Gasteiger partial charge in [-0.25, -0.2) is 14.2 Å². The van der Waals surface area contributed by atoms with E-state index in [-0.39, 0.29) is 35.2 Å². The molecular weight excluding hydrogens is 473 g/mol. The molecule has 0 aliphatic rings. The van der Waals surface area contributed by atoms with E-state index in [1.54, 1.807) is 41.0 Å². The largest absolute Gasteiger partial charge is 0.494 e. The van der Waals surface area contributed by atoms with Crippen LogP contribution < -0.4 is 21.3 Å². The van der Waals surface area contributed by atoms with Crippen molar-refractivity contribution in [2.24, 2.45) is 14.1 Å². The monoisotopic (exact) mass is 497 g/mol. The Morgan fingerprint density at radius 3 is 2.40 bits per heavy atom. The summed E-state index contributed by atoms with van der Waals surface area (Å²) in [6.45, 7) is 2.66. The fourth-order valence-corrected chi connectivity index (χ4v) is 4.38. The Labute approximate surface area is 204 Å². The summed E-state index contributed by atoms with van der Waals surface area (Å²) >= 11 is 1.14. The van der Waals surface area contributed by atoms with Crippen molar-refractivity contribution in [3.63, 3.8) is 0 Å². The van der Waals surface area contributed by atoms with E-state index in [9.17, 15) is 18.8 Å². The molecule has 0 saturated carbocycles. The zero-order valence-corrected chi connectivity index (χ0v) is 20.3. The fourth-order valence-electron chi connectivity index (χ4n) is 3.58. The average Bonchev–Trinajstić information content (AvgIpc) is 3.21. The number of benzene rings is 2. The second kappa shape index (κ2) is 10.2. The number of ether oxygens (including phenoxy) is 1. The number of aryl methyl sites for hydroxylation is 1. The van der Waals surface area contributed by atoms with Gasteiger partial charge in [-0.05, 0) is 48.9 Å². The summed E-state index contributed by atoms with van der Waals surface area (Å²) < 4.78 is 22.8. The Kier molecular flexibility index (Phi) is 7.06. The number of rotatable bonds is 8. The van der Waals surface area contributed by atoms with Gasteiger partial charge in [-0.2, -0.15) is 0 Å². The van der Waals surface area contributed by atoms with Crippen molar-refractivity contribution in [3.8, 4) is 5.75 Å². The molecule has 35 heavy (non-hydrogen) atoms. The maximum Gasteiger partial charge on any atom is 0.332 e. The number of hydrogen-bond acceptors (Lipinski definition) is 6. The molecule has 0 saturated heterocycles. The number of halogens is 1. The van der Waals surface area contributed by atoms with Crippen LogP contribution >= 0.6 is 11.8 Å². The van der Waals surface area contributed by atoms with E-state index in [2.05, 4.69) is 10.3 Å². The number of aromatic nitrogens is 4. The third kappa shape index (κ3) is 5.14. The van der Waals surface area contributed by atoms with Gasteiger partial charge in [0.2, 0.25) is 5.91 Å². The van der Waals surface area contributed by atoms with Crippen LogP contribution in [-0.4, -0.2) is 37.0 Å². The summed E-state index contributed by atoms with van der Waals surface area (Å²) in [5.74, 6) is 0.0971. The van der Waals surface area contributed by atoms with E-state index < -0.39 is 11.2 Å². The van der Waals surface area contributed by atoms with E-state index in [4.69, 9.17) is 4.74 Å². The van der Waals surface area contributed by atoms with Crippen LogP contribution in [0.5, 0.6) is 5.75 Å². The number of nitrogens with zero attached hydrogens (tertiary/aromatic N) is 4. The summed E-state index contributed by atoms with van der Waals surface area (Å²) in [4.78, 5) is 42.5. The van der Waals surface area contributed by atoms with Crippen LogP contribution in [0.3, 0.4) is 0 Å². The fraction of sp³-hybridized carbons (Fsp3) is 0.250. The molecule has 1 amide bonds. The molecule has 4 aromatic rings. The highest BCUT2D eigenvalue weighted by atomic mass is 32.2. The van der Waals surface area contributed by atoms with Crippen molar-refractivity contribution < 1.29 is 13.9 Å². The number of nitrogens with one attached hydrogen (secondary N) is 1. The van der Waals surface area contributed by atoms with Crippen LogP contribution in [0.4, 0.5) is 10.1 Å². The molecule has 0 radical (unpaired) electrons. The lowest BCUT2D eigenvalue weighted by Gasteiger charge is -2.10. The van der Waals surface area contributed by atoms with E-state index in [0.29, 0.717) is 23.2 Å². The molecule has 2 aromatic heterocycles. The Bertz CT molecular complexity index is 1490. The molecule has 11 heteroatoms. The Morgan fingerprint density at radius 1 is 1.06 bits per heavy atom. The summed E-state index contributed by atoms with van der Waals surface area (Å²) in [5.41, 5.74) is 0.808. The van der Waals surface area contributed by atoms with Gasteiger partial charge >= 0.3 is 5.69 Å². The smallest absolute Gasteiger partial charge is 0.332 e. The van der Waals surface area contributed by atoms with Gasteiger partial charge in [-0.15, -0.1) is 0 Å². The molecule has 2 heterocycles. The minimum absolute atomic E-state index is 0.0220. The topological polar surface area (TPSA) is 100 Å². The lowest BCUT2D eigenvalue weighted by molar-refractivity contribution is -0.113. The zero-order valence-electron chi connectivity index (χ0n) is 19.4. The first kappa shape index (κ1) is 24.3. The Hall–Kier alpha value is -3.86. The van der Waals surface area contributed by atoms with Crippen molar-refractivity contribution in [2.45, 2.75) is 18.6 Å². The number of carbonyl (C=O) groups is 1. The highest BCUT2D eigenvalue weighted by molar-refractivity contribution is 7.99. The maximum atomic E-state index is 13.4. The predicted molar refractivity (Wildman–Crippen MR) is 133 cm³/mol. The lowest BCUT2D eigenvalue weighted by Crippen LogP contribution is -2.37. The quantitative estimate of drug-likeness (QED) is 0.376. The van der Waals surface area contributed by atoms with Crippen LogP contribution in [0.2, 0.25) is 0 Å². The Morgan fingerprint density at radius 2 is 1.74 bits per heavy atom. The highest BCUT2D eigenvalue weighted by Crippen LogP contribution is 2.24. The first-order chi connectivity index (χ1) is 16.8. The van der Waals surface area contributed by atoms with Gasteiger partial charge in [0.1, 0.15) is 11.6 Å². The van der Waals surface area contributed by atoms with Crippen LogP contribution in [0.1, 0.15) is 12.5 Å². The number of amides is 1. The van der Waals surface area contributed by atoms with Crippen molar-refractivity contribution >= 4 is 34.5 Å². The van der Waals surface area contributed by atoms with Crippen LogP contribution in [-0.2, 0) is 25.4 Å². The molecular formula is C24H24FN5O4S. The van der Waals surface area contributed by atoms with Gasteiger partial charge in [0, 0.05) is 19.8 Å². The third-order valence-corrected chi connectivity index (χ3v) is 6.32. The normalized spacial score (nSPS) is 11.1. The number of anilines is 1. The van der Waals surface area contributed by atoms with Crippen LogP contribution in [0, 0.1) is 5.82 Å². The molecule has 0 bridgehead atoms. The van der Waals surface area contributed by atoms with E-state index in [1.807, 2.05) is 6.92 Å². The number of carbonyl (C=O) groups excluding carboxylic acids is 1. The van der Waals surface area contributed by atoms with Crippen LogP contribution in [0.25, 0.3) is 11.2 Å². The molecule has 4 rings (SSSR count). The highest BCUT2D eigenvalue weighted by Gasteiger charge is 2.20. The van der Waals surface area contributed by atoms with Gasteiger partial charge in [0.15, 0.2) is 16.3 Å². The molecule has 0 fully saturated rings. The number of hydrogen-bond donors (Lipinski definition) is 1. The lowest BCUT2D eigenvalue weighted by atomic mass is 10.2. The third-order valence-electron chi connectivity index (χ3n) is 5.35. The van der Waals surface area contributed by atoms with Crippen LogP contribution in [0.15, 0.2) is 63.3 Å². The molecule has 182 valence electrons. The van der Waals surface area contributed by atoms with Crippen molar-refractivity contribution in [3.05, 3.63) is 80.7 Å². The zero-order chi connectivity index (χ0) is 25.1. The van der Waals surface area contributed by atoms with Gasteiger partial charge in [0.25, 0.3) is 5.56 Å². The molecule has 1 N–H and O–H groups in total. The summed E-state index contributed by atoms with van der Waals surface area (Å²) in [7, 11) is 2.93. The Balaban J connectivity index is 1.63. The molecule has 0 aliphatic carbocycles. The molecule has 9 nitrogen and oxygen atoms in total. The number of fused-ring (bicyclic) bond motifs is 1. The van der Waals surface area contributed by atoms with E-state index in [0.717, 1.165) is 21.9 Å². The van der Waals surface area contributed by atoms with E-state index >= 15 is 0 Å². The average molecular weight is 498 g/mol. The van der Waals surface area contributed by atoms with Gasteiger partial charge in [-0.1, -0.05) is 23.9 Å². The predicted octanol–water partition coefficient (Wildman–Crippen LogP) is 2.75. The van der Waals surface area contributed by atoms with Crippen molar-refractivity contribution in [1.82, 2.24) is 18.7 Å². The number of thioether (sulfide) groups is 1. The van der Waals surface area contributed by atoms with Gasteiger partial charge < -0.3 is 14.6 Å². The summed E-state index contributed by atoms with van der Waals surface area (Å²) in [5, 5.41) is 3.21. The molecule has 0 spiro atoms. The standard InChI is InChI=1S/C24H24FN5O4S/c1-4-34-18-11-9-17(10-12-18)26-19(31)14-35-23-27-21-20(22(32)29(3)24(33)28(21)2)30(23)13-15-5-7-16(25)8-6-15/h5-12H,4,13-14H2,1-3H3,(H,26,31). The molecule has 2 aromatic carbocycles. The molecule has 0 aliphatic heterocycles. The van der Waals surface area contributed by atoms with E-state index in [1.165, 1.54) is 30.8 Å². The van der Waals surface area contributed by atoms with Gasteiger partial charge in [-0.3, -0.25) is 18.7 Å². The molecule has 0 atom stereocenters. The molecule has 0 unspecified atom stereocenters. The van der Waals surface area contributed by atoms with Crippen molar-refractivity contribution in [1.29, 1.82) is 0 Å². The summed E-state index contributed by atoms with van der Waals surface area (Å²) in [6.07, 6.45) is 0. The maximum absolute atomic E-state index is 13.4. The second-order valence-electron chi connectivity index (χ2n) is 7.78. The number of imidazole rings is 1. The summed E-state index contributed by atoms with van der Waals surface area (Å²) in [6, 6.07) is 12.9. The first-order valence-corrected chi connectivity index (χ1v) is 11.8. The minimum atomic E-state index is -0.501. The SMILES string of the molecule is CCOc1ccc(NC(=O)CSc2nc3c(c(=O)n(C)c(=O)n3C)n2Cc2ccc(F)cc2)cc1. The second-order valence-corrected chi connectivity index (χ2v) is 8.72. The first-order valence-electron chi connectivity index (χ1n) is 10.8.